The molecule has 0 amide bonds. The van der Waals surface area contributed by atoms with E-state index in [1.165, 1.54) is 0 Å². The minimum atomic E-state index is 0.420. The second kappa shape index (κ2) is 11.1. The third-order valence-corrected chi connectivity index (χ3v) is 3.76. The van der Waals surface area contributed by atoms with Crippen LogP contribution in [0.25, 0.3) is 0 Å². The molecule has 0 radical (unpaired) electrons. The van der Waals surface area contributed by atoms with Gasteiger partial charge >= 0.3 is 0 Å². The summed E-state index contributed by atoms with van der Waals surface area (Å²) in [6.07, 6.45) is 4.64. The molecule has 0 aliphatic heterocycles. The predicted molar refractivity (Wildman–Crippen MR) is 105 cm³/mol. The van der Waals surface area contributed by atoms with Gasteiger partial charge in [0.2, 0.25) is 0 Å². The Balaban J connectivity index is 1.79. The minimum Gasteiger partial charge on any atom is -0.493 e. The number of hydrogen-bond acceptors (Lipinski definition) is 4. The van der Waals surface area contributed by atoms with Gasteiger partial charge in [0.1, 0.15) is 5.75 Å². The molecule has 0 aliphatic carbocycles. The molecule has 1 aromatic heterocycles. The van der Waals surface area contributed by atoms with Crippen molar-refractivity contribution in [1.29, 1.82) is 0 Å². The Labute approximate surface area is 155 Å². The van der Waals surface area contributed by atoms with E-state index in [2.05, 4.69) is 27.6 Å². The Bertz CT molecular complexity index is 658. The van der Waals surface area contributed by atoms with Gasteiger partial charge in [-0.3, -0.25) is 9.67 Å². The number of aliphatic imine (C=N–C) groups is 1. The lowest BCUT2D eigenvalue weighted by Gasteiger charge is -2.16. The third kappa shape index (κ3) is 7.14. The number of benzene rings is 1. The van der Waals surface area contributed by atoms with Gasteiger partial charge in [-0.05, 0) is 24.1 Å². The van der Waals surface area contributed by atoms with Crippen molar-refractivity contribution < 1.29 is 9.47 Å². The van der Waals surface area contributed by atoms with E-state index in [0.29, 0.717) is 19.1 Å². The smallest absolute Gasteiger partial charge is 0.195 e. The Morgan fingerprint density at radius 2 is 2.19 bits per heavy atom. The number of nitrogens with one attached hydrogen (secondary N) is 2. The Morgan fingerprint density at radius 1 is 1.31 bits per heavy atom. The first-order chi connectivity index (χ1) is 12.7. The first kappa shape index (κ1) is 19.8. The average Bonchev–Trinajstić information content (AvgIpc) is 3.15. The van der Waals surface area contributed by atoms with E-state index >= 15 is 0 Å². The second-order valence-corrected chi connectivity index (χ2v) is 6.13. The van der Waals surface area contributed by atoms with Crippen molar-refractivity contribution in [2.24, 2.45) is 10.9 Å². The highest BCUT2D eigenvalue weighted by atomic mass is 16.5. The largest absolute Gasteiger partial charge is 0.493 e. The van der Waals surface area contributed by atoms with Crippen LogP contribution in [0.3, 0.4) is 0 Å². The van der Waals surface area contributed by atoms with Crippen LogP contribution in [0.4, 0.5) is 5.69 Å². The maximum absolute atomic E-state index is 5.73. The lowest BCUT2D eigenvalue weighted by atomic mass is 10.2. The van der Waals surface area contributed by atoms with Gasteiger partial charge in [0.25, 0.3) is 0 Å². The molecule has 1 atom stereocenters. The summed E-state index contributed by atoms with van der Waals surface area (Å²) in [5.41, 5.74) is 0.932. The summed E-state index contributed by atoms with van der Waals surface area (Å²) in [7, 11) is 3.46. The summed E-state index contributed by atoms with van der Waals surface area (Å²) < 4.78 is 12.7. The molecular weight excluding hydrogens is 330 g/mol. The highest BCUT2D eigenvalue weighted by Gasteiger charge is 2.06. The van der Waals surface area contributed by atoms with E-state index in [1.54, 1.807) is 20.4 Å². The molecule has 2 rings (SSSR count). The number of guanidine groups is 1. The molecule has 1 unspecified atom stereocenters. The fraction of sp³-hybridized carbons (Fsp3) is 0.474. The molecule has 0 fully saturated rings. The molecule has 2 N–H and O–H groups in total. The van der Waals surface area contributed by atoms with Crippen LogP contribution in [0.15, 0.2) is 47.7 Å². The molecule has 7 nitrogen and oxygen atoms in total. The van der Waals surface area contributed by atoms with E-state index < -0.39 is 0 Å². The Hall–Kier alpha value is -2.54. The van der Waals surface area contributed by atoms with E-state index in [1.807, 2.05) is 41.2 Å². The van der Waals surface area contributed by atoms with E-state index in [-0.39, 0.29) is 0 Å². The number of methoxy groups -OCH3 is 1. The molecule has 0 aliphatic rings. The maximum atomic E-state index is 5.73. The topological polar surface area (TPSA) is 72.7 Å². The van der Waals surface area contributed by atoms with E-state index in [4.69, 9.17) is 9.47 Å². The van der Waals surface area contributed by atoms with Crippen molar-refractivity contribution in [3.63, 3.8) is 0 Å². The molecule has 1 heterocycles. The monoisotopic (exact) mass is 359 g/mol. The van der Waals surface area contributed by atoms with Crippen LogP contribution >= 0.6 is 0 Å². The van der Waals surface area contributed by atoms with Gasteiger partial charge in [0.05, 0.1) is 6.61 Å². The van der Waals surface area contributed by atoms with Crippen molar-refractivity contribution in [3.8, 4) is 5.75 Å². The van der Waals surface area contributed by atoms with Crippen LogP contribution in [-0.2, 0) is 11.3 Å². The Kier molecular flexibility index (Phi) is 8.48. The molecule has 26 heavy (non-hydrogen) atoms. The van der Waals surface area contributed by atoms with Crippen molar-refractivity contribution in [2.75, 3.05) is 39.2 Å². The zero-order valence-electron chi connectivity index (χ0n) is 15.8. The van der Waals surface area contributed by atoms with Gasteiger partial charge in [0.15, 0.2) is 5.96 Å². The summed E-state index contributed by atoms with van der Waals surface area (Å²) >= 11 is 0. The first-order valence-electron chi connectivity index (χ1n) is 8.88. The number of nitrogens with zero attached hydrogens (tertiary/aromatic N) is 3. The van der Waals surface area contributed by atoms with Crippen molar-refractivity contribution >= 4 is 11.6 Å². The molecule has 0 saturated heterocycles. The zero-order chi connectivity index (χ0) is 18.6. The van der Waals surface area contributed by atoms with Crippen LogP contribution in [0.1, 0.15) is 13.3 Å². The van der Waals surface area contributed by atoms with Crippen molar-refractivity contribution in [2.45, 2.75) is 19.9 Å². The highest BCUT2D eigenvalue weighted by molar-refractivity contribution is 5.93. The molecule has 0 bridgehead atoms. The zero-order valence-corrected chi connectivity index (χ0v) is 15.8. The summed E-state index contributed by atoms with van der Waals surface area (Å²) in [6, 6.07) is 9.79. The van der Waals surface area contributed by atoms with Crippen LogP contribution in [0.2, 0.25) is 0 Å². The Morgan fingerprint density at radius 3 is 2.92 bits per heavy atom. The van der Waals surface area contributed by atoms with Crippen molar-refractivity contribution in [3.05, 3.63) is 42.7 Å². The number of aromatic nitrogens is 2. The van der Waals surface area contributed by atoms with Gasteiger partial charge in [-0.2, -0.15) is 5.10 Å². The van der Waals surface area contributed by atoms with Gasteiger partial charge in [-0.15, -0.1) is 0 Å². The number of rotatable bonds is 10. The van der Waals surface area contributed by atoms with Gasteiger partial charge in [0, 0.05) is 64.4 Å². The van der Waals surface area contributed by atoms with Crippen LogP contribution in [0, 0.1) is 5.92 Å². The van der Waals surface area contributed by atoms with Crippen LogP contribution in [0.5, 0.6) is 5.75 Å². The fourth-order valence-electron chi connectivity index (χ4n) is 2.44. The first-order valence-corrected chi connectivity index (χ1v) is 8.88. The second-order valence-electron chi connectivity index (χ2n) is 6.13. The van der Waals surface area contributed by atoms with Crippen LogP contribution in [-0.4, -0.2) is 49.7 Å². The quantitative estimate of drug-likeness (QED) is 0.388. The number of anilines is 1. The molecule has 0 saturated carbocycles. The predicted octanol–water partition coefficient (Wildman–Crippen LogP) is 2.62. The summed E-state index contributed by atoms with van der Waals surface area (Å²) in [5.74, 6) is 1.98. The SMILES string of the molecule is CN=C(NCC(C)Cn1cccn1)Nc1cccc(OCCCOC)c1. The number of ether oxygens (including phenoxy) is 2. The standard InChI is InChI=1S/C19H29N5O2/c1-16(15-24-10-5-9-22-24)14-21-19(20-2)23-17-7-4-8-18(13-17)26-12-6-11-25-3/h4-5,7-10,13,16H,6,11-12,14-15H2,1-3H3,(H2,20,21,23). The van der Waals surface area contributed by atoms with Crippen LogP contribution < -0.4 is 15.4 Å². The van der Waals surface area contributed by atoms with Gasteiger partial charge < -0.3 is 20.1 Å². The third-order valence-electron chi connectivity index (χ3n) is 3.76. The van der Waals surface area contributed by atoms with Gasteiger partial charge in [-0.1, -0.05) is 13.0 Å². The maximum Gasteiger partial charge on any atom is 0.195 e. The van der Waals surface area contributed by atoms with Crippen molar-refractivity contribution in [1.82, 2.24) is 15.1 Å². The van der Waals surface area contributed by atoms with Gasteiger partial charge in [-0.25, -0.2) is 0 Å². The highest BCUT2D eigenvalue weighted by Crippen LogP contribution is 2.17. The van der Waals surface area contributed by atoms with E-state index in [0.717, 1.165) is 36.9 Å². The fourth-order valence-corrected chi connectivity index (χ4v) is 2.44. The minimum absolute atomic E-state index is 0.420. The lowest BCUT2D eigenvalue weighted by Crippen LogP contribution is -2.35. The number of hydrogen-bond donors (Lipinski definition) is 2. The summed E-state index contributed by atoms with van der Waals surface area (Å²) in [4.78, 5) is 4.28. The normalized spacial score (nSPS) is 12.7. The summed E-state index contributed by atoms with van der Waals surface area (Å²) in [5, 5.41) is 10.9. The van der Waals surface area contributed by atoms with E-state index in [9.17, 15) is 0 Å². The average molecular weight is 359 g/mol. The molecule has 7 heteroatoms. The summed E-state index contributed by atoms with van der Waals surface area (Å²) in [6.45, 7) is 5.17. The lowest BCUT2D eigenvalue weighted by molar-refractivity contribution is 0.172. The molecule has 2 aromatic rings. The molecule has 142 valence electrons. The molecule has 1 aromatic carbocycles. The molecular formula is C19H29N5O2. The molecule has 0 spiro atoms.